The average molecular weight is 358 g/mol. The van der Waals surface area contributed by atoms with Crippen LogP contribution in [0.1, 0.15) is 44.1 Å². The molecule has 0 radical (unpaired) electrons. The molecule has 0 spiro atoms. The van der Waals surface area contributed by atoms with Crippen LogP contribution < -0.4 is 0 Å². The molecule has 0 heterocycles. The first-order valence-electron chi connectivity index (χ1n) is 6.56. The molecule has 0 aliphatic heterocycles. The Kier molecular flexibility index (Phi) is 4.65. The molecule has 1 N–H and O–H groups in total. The first-order chi connectivity index (χ1) is 8.60. The van der Waals surface area contributed by atoms with E-state index in [1.165, 1.54) is 22.0 Å². The van der Waals surface area contributed by atoms with Crippen molar-refractivity contribution < 1.29 is 9.90 Å². The molecule has 2 rings (SSSR count). The molecule has 1 aliphatic rings. The molecule has 1 fully saturated rings. The molecule has 1 aliphatic carbocycles. The van der Waals surface area contributed by atoms with Crippen LogP contribution in [0.3, 0.4) is 0 Å². The van der Waals surface area contributed by atoms with Crippen LogP contribution in [0.5, 0.6) is 0 Å². The number of hydrogen-bond acceptors (Lipinski definition) is 1. The second-order valence-electron chi connectivity index (χ2n) is 5.40. The molecule has 0 atom stereocenters. The Morgan fingerprint density at radius 3 is 2.39 bits per heavy atom. The molecule has 1 aromatic carbocycles. The van der Waals surface area contributed by atoms with Crippen molar-refractivity contribution in [2.24, 2.45) is 5.41 Å². The second-order valence-corrected chi connectivity index (χ2v) is 6.65. The molecule has 0 amide bonds. The number of aliphatic carboxylic acids is 1. The van der Waals surface area contributed by atoms with Crippen LogP contribution in [0.25, 0.3) is 0 Å². The van der Waals surface area contributed by atoms with Crippen LogP contribution in [0.4, 0.5) is 0 Å². The van der Waals surface area contributed by atoms with Gasteiger partial charge in [0.25, 0.3) is 0 Å². The maximum absolute atomic E-state index is 11.0. The summed E-state index contributed by atoms with van der Waals surface area (Å²) in [7, 11) is 0. The molecule has 0 unspecified atom stereocenters. The summed E-state index contributed by atoms with van der Waals surface area (Å²) in [4.78, 5) is 11.0. The fourth-order valence-corrected chi connectivity index (χ4v) is 3.38. The third kappa shape index (κ3) is 3.70. The van der Waals surface area contributed by atoms with Gasteiger partial charge in [-0.1, -0.05) is 25.0 Å². The Morgan fingerprint density at radius 1 is 1.22 bits per heavy atom. The lowest BCUT2D eigenvalue weighted by Crippen LogP contribution is -2.21. The number of hydrogen-bond donors (Lipinski definition) is 1. The summed E-state index contributed by atoms with van der Waals surface area (Å²) in [5, 5.41) is 9.07. The third-order valence-corrected chi connectivity index (χ3v) is 4.77. The normalized spacial score (nSPS) is 17.8. The Morgan fingerprint density at radius 2 is 1.83 bits per heavy atom. The van der Waals surface area contributed by atoms with Crippen LogP contribution in [0, 0.1) is 8.99 Å². The molecular formula is C15H19IO2. The number of carboxylic acids is 1. The molecule has 2 nitrogen and oxygen atoms in total. The highest BCUT2D eigenvalue weighted by molar-refractivity contribution is 14.1. The first-order valence-corrected chi connectivity index (χ1v) is 7.64. The monoisotopic (exact) mass is 358 g/mol. The summed E-state index contributed by atoms with van der Waals surface area (Å²) < 4.78 is 1.25. The maximum Gasteiger partial charge on any atom is 0.303 e. The van der Waals surface area contributed by atoms with E-state index in [0.717, 1.165) is 25.7 Å². The summed E-state index contributed by atoms with van der Waals surface area (Å²) in [5.41, 5.74) is 1.39. The summed E-state index contributed by atoms with van der Waals surface area (Å²) in [6, 6.07) is 8.55. The second kappa shape index (κ2) is 6.04. The Labute approximate surface area is 122 Å². The van der Waals surface area contributed by atoms with E-state index in [0.29, 0.717) is 6.42 Å². The quantitative estimate of drug-likeness (QED) is 0.799. The van der Waals surface area contributed by atoms with E-state index in [1.54, 1.807) is 0 Å². The van der Waals surface area contributed by atoms with Crippen LogP contribution in [-0.2, 0) is 11.2 Å². The molecule has 3 heteroatoms. The first kappa shape index (κ1) is 13.8. The fourth-order valence-electron chi connectivity index (χ4n) is 3.02. The molecular weight excluding hydrogens is 339 g/mol. The van der Waals surface area contributed by atoms with Crippen LogP contribution >= 0.6 is 22.6 Å². The minimum atomic E-state index is -0.639. The zero-order valence-electron chi connectivity index (χ0n) is 10.5. The minimum absolute atomic E-state index is 0.0643. The lowest BCUT2D eigenvalue weighted by Gasteiger charge is -2.27. The van der Waals surface area contributed by atoms with Gasteiger partial charge in [-0.05, 0) is 71.4 Å². The lowest BCUT2D eigenvalue weighted by atomic mass is 9.78. The average Bonchev–Trinajstić information content (AvgIpc) is 2.76. The smallest absolute Gasteiger partial charge is 0.303 e. The number of aryl methyl sites for hydroxylation is 1. The SMILES string of the molecule is O=C(O)CC1(CCc2ccc(I)cc2)CCCC1. The molecule has 18 heavy (non-hydrogen) atoms. The van der Waals surface area contributed by atoms with Gasteiger partial charge in [0.15, 0.2) is 0 Å². The highest BCUT2D eigenvalue weighted by atomic mass is 127. The number of benzene rings is 1. The maximum atomic E-state index is 11.0. The van der Waals surface area contributed by atoms with Crippen molar-refractivity contribution in [3.8, 4) is 0 Å². The lowest BCUT2D eigenvalue weighted by molar-refractivity contribution is -0.139. The van der Waals surface area contributed by atoms with Gasteiger partial charge in [-0.2, -0.15) is 0 Å². The van der Waals surface area contributed by atoms with Crippen molar-refractivity contribution in [1.82, 2.24) is 0 Å². The van der Waals surface area contributed by atoms with Crippen LogP contribution in [0.15, 0.2) is 24.3 Å². The van der Waals surface area contributed by atoms with Gasteiger partial charge in [-0.3, -0.25) is 4.79 Å². The van der Waals surface area contributed by atoms with Crippen LogP contribution in [0.2, 0.25) is 0 Å². The van der Waals surface area contributed by atoms with E-state index >= 15 is 0 Å². The summed E-state index contributed by atoms with van der Waals surface area (Å²) in [6.07, 6.45) is 6.93. The highest BCUT2D eigenvalue weighted by Gasteiger charge is 2.35. The van der Waals surface area contributed by atoms with E-state index in [1.807, 2.05) is 0 Å². The van der Waals surface area contributed by atoms with E-state index in [2.05, 4.69) is 46.9 Å². The zero-order chi connectivity index (χ0) is 13.0. The standard InChI is InChI=1S/C15H19IO2/c16-13-5-3-12(4-6-13)7-10-15(11-14(17)18)8-1-2-9-15/h3-6H,1-2,7-11H2,(H,17,18). The van der Waals surface area contributed by atoms with E-state index in [9.17, 15) is 4.79 Å². The number of carboxylic acid groups (broad SMARTS) is 1. The van der Waals surface area contributed by atoms with Crippen molar-refractivity contribution in [3.63, 3.8) is 0 Å². The van der Waals surface area contributed by atoms with Gasteiger partial charge >= 0.3 is 5.97 Å². The number of carbonyl (C=O) groups is 1. The Bertz CT molecular complexity index is 405. The third-order valence-electron chi connectivity index (χ3n) is 4.05. The van der Waals surface area contributed by atoms with Crippen LogP contribution in [-0.4, -0.2) is 11.1 Å². The number of rotatable bonds is 5. The minimum Gasteiger partial charge on any atom is -0.481 e. The van der Waals surface area contributed by atoms with Gasteiger partial charge in [0, 0.05) is 3.57 Å². The van der Waals surface area contributed by atoms with E-state index in [4.69, 9.17) is 5.11 Å². The predicted molar refractivity (Wildman–Crippen MR) is 80.6 cm³/mol. The topological polar surface area (TPSA) is 37.3 Å². The summed E-state index contributed by atoms with van der Waals surface area (Å²) in [5.74, 6) is -0.639. The summed E-state index contributed by atoms with van der Waals surface area (Å²) >= 11 is 2.30. The van der Waals surface area contributed by atoms with Gasteiger partial charge in [-0.15, -0.1) is 0 Å². The predicted octanol–water partition coefficient (Wildman–Crippen LogP) is 4.26. The molecule has 0 aromatic heterocycles. The molecule has 0 bridgehead atoms. The van der Waals surface area contributed by atoms with E-state index < -0.39 is 5.97 Å². The van der Waals surface area contributed by atoms with Gasteiger partial charge in [0.1, 0.15) is 0 Å². The fraction of sp³-hybridized carbons (Fsp3) is 0.533. The van der Waals surface area contributed by atoms with Crippen molar-refractivity contribution in [1.29, 1.82) is 0 Å². The number of halogens is 1. The van der Waals surface area contributed by atoms with Gasteiger partial charge in [0.2, 0.25) is 0 Å². The molecule has 0 saturated heterocycles. The van der Waals surface area contributed by atoms with Crippen molar-refractivity contribution in [2.75, 3.05) is 0 Å². The van der Waals surface area contributed by atoms with Crippen molar-refractivity contribution in [3.05, 3.63) is 33.4 Å². The van der Waals surface area contributed by atoms with Gasteiger partial charge in [-0.25, -0.2) is 0 Å². The van der Waals surface area contributed by atoms with Crippen molar-refractivity contribution in [2.45, 2.75) is 44.9 Å². The molecule has 1 aromatic rings. The zero-order valence-corrected chi connectivity index (χ0v) is 12.7. The van der Waals surface area contributed by atoms with Gasteiger partial charge < -0.3 is 5.11 Å². The Hall–Kier alpha value is -0.580. The molecule has 1 saturated carbocycles. The highest BCUT2D eigenvalue weighted by Crippen LogP contribution is 2.44. The van der Waals surface area contributed by atoms with Gasteiger partial charge in [0.05, 0.1) is 6.42 Å². The Balaban J connectivity index is 1.97. The van der Waals surface area contributed by atoms with E-state index in [-0.39, 0.29) is 5.41 Å². The largest absolute Gasteiger partial charge is 0.481 e. The molecule has 98 valence electrons. The summed E-state index contributed by atoms with van der Waals surface area (Å²) in [6.45, 7) is 0. The van der Waals surface area contributed by atoms with Crippen molar-refractivity contribution >= 4 is 28.6 Å².